The van der Waals surface area contributed by atoms with Crippen molar-refractivity contribution in [3.05, 3.63) is 120 Å². The lowest BCUT2D eigenvalue weighted by Crippen LogP contribution is -2.24. The fourth-order valence-corrected chi connectivity index (χ4v) is 4.02. The van der Waals surface area contributed by atoms with Crippen LogP contribution >= 0.6 is 0 Å². The van der Waals surface area contributed by atoms with E-state index in [1.54, 1.807) is 24.3 Å². The SMILES string of the molecule is O=C(c1ccc(Oc2ccccc2)cc1)S(=O)(=O)C(=O)c1ccc(Oc2ccccc2)cc1. The molecule has 0 fully saturated rings. The molecular weight excluding hydrogens is 440 g/mol. The lowest BCUT2D eigenvalue weighted by Gasteiger charge is -2.08. The molecule has 0 aliphatic heterocycles. The number of sulfone groups is 1. The number of rotatable bonds is 6. The normalized spacial score (nSPS) is 10.9. The molecule has 0 radical (unpaired) electrons. The number of ether oxygens (including phenoxy) is 2. The van der Waals surface area contributed by atoms with Crippen molar-refractivity contribution < 1.29 is 27.5 Å². The average Bonchev–Trinajstić information content (AvgIpc) is 2.85. The van der Waals surface area contributed by atoms with E-state index in [-0.39, 0.29) is 11.1 Å². The summed E-state index contributed by atoms with van der Waals surface area (Å²) in [6, 6.07) is 29.1. The highest BCUT2D eigenvalue weighted by Crippen LogP contribution is 2.24. The van der Waals surface area contributed by atoms with Crippen LogP contribution in [0.3, 0.4) is 0 Å². The van der Waals surface area contributed by atoms with Crippen LogP contribution in [0.1, 0.15) is 20.7 Å². The molecule has 0 heterocycles. The minimum Gasteiger partial charge on any atom is -0.457 e. The van der Waals surface area contributed by atoms with Crippen LogP contribution in [-0.4, -0.2) is 18.6 Å². The van der Waals surface area contributed by atoms with Crippen molar-refractivity contribution in [3.63, 3.8) is 0 Å². The molecule has 7 heteroatoms. The molecule has 0 aromatic heterocycles. The fourth-order valence-electron chi connectivity index (χ4n) is 2.96. The van der Waals surface area contributed by atoms with Crippen LogP contribution in [0.4, 0.5) is 0 Å². The summed E-state index contributed by atoms with van der Waals surface area (Å²) in [6.45, 7) is 0. The van der Waals surface area contributed by atoms with E-state index in [1.165, 1.54) is 48.5 Å². The van der Waals surface area contributed by atoms with Crippen molar-refractivity contribution in [1.29, 1.82) is 0 Å². The summed E-state index contributed by atoms with van der Waals surface area (Å²) in [4.78, 5) is 25.2. The molecule has 4 aromatic carbocycles. The molecular formula is C26H18O6S. The Balaban J connectivity index is 1.46. The van der Waals surface area contributed by atoms with Gasteiger partial charge in [-0.3, -0.25) is 9.59 Å². The molecule has 0 unspecified atom stereocenters. The second-order valence-corrected chi connectivity index (χ2v) is 8.71. The predicted octanol–water partition coefficient (Wildman–Crippen LogP) is 5.67. The van der Waals surface area contributed by atoms with Crippen molar-refractivity contribution in [2.45, 2.75) is 0 Å². The summed E-state index contributed by atoms with van der Waals surface area (Å²) in [5, 5.41) is -2.55. The van der Waals surface area contributed by atoms with Crippen LogP contribution in [0.2, 0.25) is 0 Å². The van der Waals surface area contributed by atoms with Gasteiger partial charge >= 0.3 is 0 Å². The Morgan fingerprint density at radius 1 is 0.455 bits per heavy atom. The fraction of sp³-hybridized carbons (Fsp3) is 0. The molecule has 0 saturated heterocycles. The summed E-state index contributed by atoms with van der Waals surface area (Å²) >= 11 is 0. The summed E-state index contributed by atoms with van der Waals surface area (Å²) in [5.41, 5.74) is -0.263. The number of benzene rings is 4. The van der Waals surface area contributed by atoms with Gasteiger partial charge in [-0.25, -0.2) is 8.42 Å². The summed E-state index contributed by atoms with van der Waals surface area (Å²) in [7, 11) is -4.75. The van der Waals surface area contributed by atoms with Gasteiger partial charge in [0.05, 0.1) is 0 Å². The van der Waals surface area contributed by atoms with E-state index >= 15 is 0 Å². The number of carbonyl (C=O) groups is 2. The maximum Gasteiger partial charge on any atom is 0.284 e. The summed E-state index contributed by atoms with van der Waals surface area (Å²) in [5.74, 6) is 2.05. The van der Waals surface area contributed by atoms with Crippen molar-refractivity contribution in [2.24, 2.45) is 0 Å². The largest absolute Gasteiger partial charge is 0.457 e. The van der Waals surface area contributed by atoms with Crippen LogP contribution < -0.4 is 9.47 Å². The van der Waals surface area contributed by atoms with Crippen molar-refractivity contribution >= 4 is 20.1 Å². The number of para-hydroxylation sites is 2. The third-order valence-electron chi connectivity index (χ3n) is 4.63. The van der Waals surface area contributed by atoms with Crippen molar-refractivity contribution in [3.8, 4) is 23.0 Å². The molecule has 0 saturated carbocycles. The Morgan fingerprint density at radius 3 is 1.09 bits per heavy atom. The molecule has 33 heavy (non-hydrogen) atoms. The van der Waals surface area contributed by atoms with Gasteiger partial charge in [0.2, 0.25) is 0 Å². The standard InChI is InChI=1S/C26H18O6S/c27-25(19-11-15-23(16-12-19)31-21-7-3-1-4-8-21)33(29,30)26(28)20-13-17-24(18-14-20)32-22-9-5-2-6-10-22/h1-18H. The van der Waals surface area contributed by atoms with Crippen molar-refractivity contribution in [1.82, 2.24) is 0 Å². The third kappa shape index (κ3) is 5.16. The first-order valence-corrected chi connectivity index (χ1v) is 11.4. The number of hydrogen-bond donors (Lipinski definition) is 0. The van der Waals surface area contributed by atoms with E-state index in [4.69, 9.17) is 9.47 Å². The van der Waals surface area contributed by atoms with Gasteiger partial charge in [0.15, 0.2) is 0 Å². The molecule has 164 valence electrons. The Kier molecular flexibility index (Phi) is 6.33. The minimum atomic E-state index is -4.75. The second-order valence-electron chi connectivity index (χ2n) is 6.96. The molecule has 0 atom stereocenters. The van der Waals surface area contributed by atoms with Gasteiger partial charge in [-0.2, -0.15) is 0 Å². The Labute approximate surface area is 191 Å². The molecule has 4 rings (SSSR count). The van der Waals surface area contributed by atoms with Crippen LogP contribution in [0.15, 0.2) is 109 Å². The quantitative estimate of drug-likeness (QED) is 0.370. The first-order valence-electron chi connectivity index (χ1n) is 9.93. The molecule has 6 nitrogen and oxygen atoms in total. The van der Waals surface area contributed by atoms with E-state index in [0.29, 0.717) is 23.0 Å². The molecule has 0 aliphatic carbocycles. The van der Waals surface area contributed by atoms with E-state index in [2.05, 4.69) is 0 Å². The van der Waals surface area contributed by atoms with Crippen LogP contribution in [0, 0.1) is 0 Å². The highest BCUT2D eigenvalue weighted by molar-refractivity contribution is 8.19. The summed E-state index contributed by atoms with van der Waals surface area (Å²) < 4.78 is 36.5. The molecule has 0 aliphatic rings. The molecule has 0 bridgehead atoms. The van der Waals surface area contributed by atoms with Crippen LogP contribution in [0.5, 0.6) is 23.0 Å². The van der Waals surface area contributed by atoms with E-state index < -0.39 is 20.1 Å². The van der Waals surface area contributed by atoms with Gasteiger partial charge in [-0.15, -0.1) is 0 Å². The highest BCUT2D eigenvalue weighted by Gasteiger charge is 2.33. The van der Waals surface area contributed by atoms with E-state index in [9.17, 15) is 18.0 Å². The van der Waals surface area contributed by atoms with Crippen LogP contribution in [-0.2, 0) is 9.84 Å². The molecule has 0 amide bonds. The average molecular weight is 458 g/mol. The second kappa shape index (κ2) is 9.50. The lowest BCUT2D eigenvalue weighted by atomic mass is 10.2. The van der Waals surface area contributed by atoms with Crippen molar-refractivity contribution in [2.75, 3.05) is 0 Å². The molecule has 0 spiro atoms. The van der Waals surface area contributed by atoms with Gasteiger partial charge in [0, 0.05) is 11.1 Å². The molecule has 4 aromatic rings. The van der Waals surface area contributed by atoms with Gasteiger partial charge in [0.1, 0.15) is 23.0 Å². The third-order valence-corrected chi connectivity index (χ3v) is 6.07. The lowest BCUT2D eigenvalue weighted by molar-refractivity contribution is 0.104. The first kappa shape index (κ1) is 22.0. The first-order chi connectivity index (χ1) is 15.9. The Hall–Kier alpha value is -4.23. The smallest absolute Gasteiger partial charge is 0.284 e. The van der Waals surface area contributed by atoms with E-state index in [0.717, 1.165) is 0 Å². The zero-order valence-corrected chi connectivity index (χ0v) is 18.1. The van der Waals surface area contributed by atoms with E-state index in [1.807, 2.05) is 36.4 Å². The maximum absolute atomic E-state index is 12.6. The summed E-state index contributed by atoms with van der Waals surface area (Å²) in [6.07, 6.45) is 0. The monoisotopic (exact) mass is 458 g/mol. The number of carbonyl (C=O) groups excluding carboxylic acids is 2. The highest BCUT2D eigenvalue weighted by atomic mass is 32.2. The van der Waals surface area contributed by atoms with Gasteiger partial charge < -0.3 is 9.47 Å². The zero-order valence-electron chi connectivity index (χ0n) is 17.3. The Morgan fingerprint density at radius 2 is 0.758 bits per heavy atom. The number of hydrogen-bond acceptors (Lipinski definition) is 6. The topological polar surface area (TPSA) is 86.7 Å². The molecule has 0 N–H and O–H groups in total. The predicted molar refractivity (Wildman–Crippen MR) is 123 cm³/mol. The van der Waals surface area contributed by atoms with Gasteiger partial charge in [-0.1, -0.05) is 36.4 Å². The van der Waals surface area contributed by atoms with Gasteiger partial charge in [-0.05, 0) is 72.8 Å². The maximum atomic E-state index is 12.6. The zero-order chi connectivity index (χ0) is 23.3. The van der Waals surface area contributed by atoms with Gasteiger partial charge in [0.25, 0.3) is 20.1 Å². The minimum absolute atomic E-state index is 0.132. The Bertz CT molecular complexity index is 1260. The van der Waals surface area contributed by atoms with Crippen LogP contribution in [0.25, 0.3) is 0 Å².